The molecule has 0 aliphatic carbocycles. The van der Waals surface area contributed by atoms with E-state index in [0.717, 1.165) is 6.26 Å². The van der Waals surface area contributed by atoms with E-state index in [-0.39, 0.29) is 6.04 Å². The van der Waals surface area contributed by atoms with Crippen LogP contribution in [0.5, 0.6) is 0 Å². The van der Waals surface area contributed by atoms with Crippen molar-refractivity contribution in [3.05, 3.63) is 24.0 Å². The third-order valence-electron chi connectivity index (χ3n) is 1.57. The molecule has 0 aromatic carbocycles. The average Bonchev–Trinajstić information content (AvgIpc) is 2.30. The Hall–Kier alpha value is -0.810. The van der Waals surface area contributed by atoms with Crippen LogP contribution in [0.1, 0.15) is 18.7 Å². The SMILES string of the molecule is C[C@H](N)c1cccn1S(C)(=O)=O. The average molecular weight is 188 g/mol. The molecule has 1 aromatic rings. The lowest BCUT2D eigenvalue weighted by Gasteiger charge is -2.08. The summed E-state index contributed by atoms with van der Waals surface area (Å²) in [6.07, 6.45) is 2.65. The van der Waals surface area contributed by atoms with E-state index >= 15 is 0 Å². The first-order chi connectivity index (χ1) is 5.43. The van der Waals surface area contributed by atoms with Crippen molar-refractivity contribution < 1.29 is 8.42 Å². The van der Waals surface area contributed by atoms with E-state index in [0.29, 0.717) is 5.69 Å². The van der Waals surface area contributed by atoms with Gasteiger partial charge < -0.3 is 5.73 Å². The third-order valence-corrected chi connectivity index (χ3v) is 2.61. The molecule has 68 valence electrons. The normalized spacial score (nSPS) is 14.6. The second-order valence-corrected chi connectivity index (χ2v) is 4.64. The van der Waals surface area contributed by atoms with E-state index in [1.807, 2.05) is 0 Å². The Bertz CT molecular complexity index is 365. The summed E-state index contributed by atoms with van der Waals surface area (Å²) in [6, 6.07) is 3.10. The zero-order valence-electron chi connectivity index (χ0n) is 7.06. The monoisotopic (exact) mass is 188 g/mol. The van der Waals surface area contributed by atoms with E-state index in [9.17, 15) is 8.42 Å². The number of hydrogen-bond acceptors (Lipinski definition) is 3. The van der Waals surface area contributed by atoms with E-state index in [2.05, 4.69) is 0 Å². The predicted molar refractivity (Wildman–Crippen MR) is 47.3 cm³/mol. The van der Waals surface area contributed by atoms with Crippen molar-refractivity contribution in [3.8, 4) is 0 Å². The Labute approximate surface area is 72.0 Å². The topological polar surface area (TPSA) is 65.1 Å². The summed E-state index contributed by atoms with van der Waals surface area (Å²) in [4.78, 5) is 0. The number of nitrogens with zero attached hydrogens (tertiary/aromatic N) is 1. The Morgan fingerprint density at radius 3 is 2.50 bits per heavy atom. The van der Waals surface area contributed by atoms with E-state index in [1.165, 1.54) is 10.2 Å². The van der Waals surface area contributed by atoms with Crippen LogP contribution in [0.3, 0.4) is 0 Å². The first kappa shape index (κ1) is 9.28. The highest BCUT2D eigenvalue weighted by molar-refractivity contribution is 7.89. The Morgan fingerprint density at radius 1 is 1.58 bits per heavy atom. The molecule has 0 amide bonds. The van der Waals surface area contributed by atoms with Crippen LogP contribution in [0.4, 0.5) is 0 Å². The van der Waals surface area contributed by atoms with Gasteiger partial charge in [-0.15, -0.1) is 0 Å². The van der Waals surface area contributed by atoms with Gasteiger partial charge in [0.1, 0.15) is 0 Å². The lowest BCUT2D eigenvalue weighted by Crippen LogP contribution is -2.17. The van der Waals surface area contributed by atoms with Crippen LogP contribution in [0.15, 0.2) is 18.3 Å². The number of nitrogens with two attached hydrogens (primary N) is 1. The lowest BCUT2D eigenvalue weighted by atomic mass is 10.3. The molecule has 0 bridgehead atoms. The van der Waals surface area contributed by atoms with Gasteiger partial charge in [0.15, 0.2) is 0 Å². The molecule has 1 rings (SSSR count). The van der Waals surface area contributed by atoms with Crippen LogP contribution < -0.4 is 5.73 Å². The van der Waals surface area contributed by atoms with Crippen molar-refractivity contribution in [1.82, 2.24) is 3.97 Å². The molecule has 0 unspecified atom stereocenters. The summed E-state index contributed by atoms with van der Waals surface area (Å²) in [5.41, 5.74) is 6.18. The maximum atomic E-state index is 11.1. The molecular weight excluding hydrogens is 176 g/mol. The maximum Gasteiger partial charge on any atom is 0.235 e. The van der Waals surface area contributed by atoms with Gasteiger partial charge in [-0.05, 0) is 19.1 Å². The molecule has 0 spiro atoms. The smallest absolute Gasteiger partial charge is 0.235 e. The van der Waals surface area contributed by atoms with Gasteiger partial charge in [-0.2, -0.15) is 0 Å². The van der Waals surface area contributed by atoms with Crippen molar-refractivity contribution >= 4 is 10.0 Å². The fraction of sp³-hybridized carbons (Fsp3) is 0.429. The standard InChI is InChI=1S/C7H12N2O2S/c1-6(8)7-4-3-5-9(7)12(2,10)11/h3-6H,8H2,1-2H3/t6-/m0/s1. The van der Waals surface area contributed by atoms with Crippen LogP contribution in [-0.2, 0) is 10.0 Å². The van der Waals surface area contributed by atoms with Gasteiger partial charge >= 0.3 is 0 Å². The highest BCUT2D eigenvalue weighted by atomic mass is 32.2. The van der Waals surface area contributed by atoms with E-state index in [4.69, 9.17) is 5.73 Å². The molecule has 4 nitrogen and oxygen atoms in total. The van der Waals surface area contributed by atoms with Crippen LogP contribution >= 0.6 is 0 Å². The molecule has 1 atom stereocenters. The lowest BCUT2D eigenvalue weighted by molar-refractivity contribution is 0.588. The highest BCUT2D eigenvalue weighted by Crippen LogP contribution is 2.12. The highest BCUT2D eigenvalue weighted by Gasteiger charge is 2.12. The van der Waals surface area contributed by atoms with Crippen LogP contribution in [0, 0.1) is 0 Å². The number of rotatable bonds is 2. The Morgan fingerprint density at radius 2 is 2.17 bits per heavy atom. The quantitative estimate of drug-likeness (QED) is 0.726. The molecular formula is C7H12N2O2S. The van der Waals surface area contributed by atoms with Crippen LogP contribution in [0.25, 0.3) is 0 Å². The second kappa shape index (κ2) is 2.91. The van der Waals surface area contributed by atoms with E-state index in [1.54, 1.807) is 19.1 Å². The Kier molecular flexibility index (Phi) is 2.25. The van der Waals surface area contributed by atoms with Gasteiger partial charge in [0, 0.05) is 12.2 Å². The minimum Gasteiger partial charge on any atom is -0.323 e. The minimum atomic E-state index is -3.20. The molecule has 5 heteroatoms. The summed E-state index contributed by atoms with van der Waals surface area (Å²) >= 11 is 0. The molecule has 0 aliphatic heterocycles. The van der Waals surface area contributed by atoms with Crippen LogP contribution in [0.2, 0.25) is 0 Å². The minimum absolute atomic E-state index is 0.269. The van der Waals surface area contributed by atoms with Gasteiger partial charge in [0.2, 0.25) is 10.0 Å². The predicted octanol–water partition coefficient (Wildman–Crippen LogP) is 0.316. The molecule has 12 heavy (non-hydrogen) atoms. The molecule has 2 N–H and O–H groups in total. The number of hydrogen-bond donors (Lipinski definition) is 1. The van der Waals surface area contributed by atoms with Gasteiger partial charge in [0.05, 0.1) is 11.9 Å². The van der Waals surface area contributed by atoms with Gasteiger partial charge in [-0.3, -0.25) is 0 Å². The van der Waals surface area contributed by atoms with Crippen molar-refractivity contribution in [2.45, 2.75) is 13.0 Å². The van der Waals surface area contributed by atoms with Gasteiger partial charge in [0.25, 0.3) is 0 Å². The third kappa shape index (κ3) is 1.67. The van der Waals surface area contributed by atoms with Crippen LogP contribution in [-0.4, -0.2) is 18.6 Å². The molecule has 1 heterocycles. The zero-order chi connectivity index (χ0) is 9.35. The molecule has 0 saturated heterocycles. The summed E-state index contributed by atoms with van der Waals surface area (Å²) in [5.74, 6) is 0. The molecule has 1 aromatic heterocycles. The van der Waals surface area contributed by atoms with Crippen molar-refractivity contribution in [1.29, 1.82) is 0 Å². The van der Waals surface area contributed by atoms with Crippen molar-refractivity contribution in [2.75, 3.05) is 6.26 Å². The summed E-state index contributed by atoms with van der Waals surface area (Å²) < 4.78 is 23.4. The zero-order valence-corrected chi connectivity index (χ0v) is 7.88. The molecule has 0 saturated carbocycles. The largest absolute Gasteiger partial charge is 0.323 e. The summed E-state index contributed by atoms with van der Waals surface area (Å²) in [7, 11) is -3.20. The summed E-state index contributed by atoms with van der Waals surface area (Å²) in [5, 5.41) is 0. The molecule has 0 radical (unpaired) electrons. The molecule has 0 aliphatic rings. The van der Waals surface area contributed by atoms with Gasteiger partial charge in [-0.1, -0.05) is 0 Å². The van der Waals surface area contributed by atoms with E-state index < -0.39 is 10.0 Å². The fourth-order valence-electron chi connectivity index (χ4n) is 1.03. The maximum absolute atomic E-state index is 11.1. The van der Waals surface area contributed by atoms with Gasteiger partial charge in [-0.25, -0.2) is 12.4 Å². The summed E-state index contributed by atoms with van der Waals surface area (Å²) in [6.45, 7) is 1.75. The second-order valence-electron chi connectivity index (χ2n) is 2.78. The number of aromatic nitrogens is 1. The fourth-order valence-corrected chi connectivity index (χ4v) is 1.94. The Balaban J connectivity index is 3.26. The van der Waals surface area contributed by atoms with Crippen molar-refractivity contribution in [2.24, 2.45) is 5.73 Å². The van der Waals surface area contributed by atoms with Crippen molar-refractivity contribution in [3.63, 3.8) is 0 Å². The molecule has 0 fully saturated rings. The first-order valence-corrected chi connectivity index (χ1v) is 5.41. The first-order valence-electron chi connectivity index (χ1n) is 3.56.